The molecule has 0 aromatic carbocycles. The molecule has 0 amide bonds. The topological polar surface area (TPSA) is 257 Å². The lowest BCUT2D eigenvalue weighted by atomic mass is 10.1. The van der Waals surface area contributed by atoms with Crippen molar-refractivity contribution in [2.24, 2.45) is 0 Å². The van der Waals surface area contributed by atoms with Gasteiger partial charge in [0.25, 0.3) is 5.56 Å². The zero-order valence-corrected chi connectivity index (χ0v) is 23.0. The third kappa shape index (κ3) is 5.55. The van der Waals surface area contributed by atoms with Crippen LogP contribution in [0.3, 0.4) is 0 Å². The fourth-order valence-corrected chi connectivity index (χ4v) is 6.45. The zero-order valence-electron chi connectivity index (χ0n) is 21.3. The number of aliphatic hydroxyl groups excluding tert-OH is 2. The summed E-state index contributed by atoms with van der Waals surface area (Å²) in [5.41, 5.74) is 12.2. The van der Waals surface area contributed by atoms with Crippen molar-refractivity contribution in [1.82, 2.24) is 39.0 Å². The number of H-pyrrole nitrogens is 1. The van der Waals surface area contributed by atoms with Crippen molar-refractivity contribution < 1.29 is 33.6 Å². The number of aromatic amines is 1. The van der Waals surface area contributed by atoms with E-state index in [1.165, 1.54) is 19.0 Å². The Morgan fingerprint density at radius 2 is 1.93 bits per heavy atom. The Morgan fingerprint density at radius 1 is 1.12 bits per heavy atom. The average Bonchev–Trinajstić information content (AvgIpc) is 3.69. The molecule has 2 fully saturated rings. The maximum absolute atomic E-state index is 12.1. The lowest BCUT2D eigenvalue weighted by Crippen LogP contribution is -2.30. The van der Waals surface area contributed by atoms with Gasteiger partial charge in [0.2, 0.25) is 5.95 Å². The molecule has 20 heteroatoms. The van der Waals surface area contributed by atoms with Gasteiger partial charge in [-0.05, 0) is 11.8 Å². The van der Waals surface area contributed by atoms with Gasteiger partial charge in [-0.15, -0.1) is 0 Å². The molecule has 8 N–H and O–H groups in total. The number of nitrogens with zero attached hydrogens (tertiary/aromatic N) is 7. The molecule has 4 aromatic heterocycles. The second kappa shape index (κ2) is 10.9. The SMILES string of the molecule is Nc1nc2c(ncn2C[C@@H]2O[C@H](CO)C[C@@H]2OP(O)(=S)OC[C@H]2O[C@@H](n3cnc4c(N)ncnc43)C[C@H]2O)c(=O)[nH]1. The van der Waals surface area contributed by atoms with Gasteiger partial charge in [-0.25, -0.2) is 19.9 Å². The Morgan fingerprint density at radius 3 is 2.73 bits per heavy atom. The highest BCUT2D eigenvalue weighted by atomic mass is 32.5. The van der Waals surface area contributed by atoms with E-state index in [2.05, 4.69) is 29.9 Å². The summed E-state index contributed by atoms with van der Waals surface area (Å²) in [7, 11) is 0. The normalized spacial score (nSPS) is 28.1. The highest BCUT2D eigenvalue weighted by molar-refractivity contribution is 8.07. The van der Waals surface area contributed by atoms with Crippen LogP contribution in [0.15, 0.2) is 23.8 Å². The molecule has 0 radical (unpaired) electrons. The van der Waals surface area contributed by atoms with Gasteiger partial charge in [0.1, 0.15) is 30.3 Å². The molecule has 41 heavy (non-hydrogen) atoms. The largest absolute Gasteiger partial charge is 0.394 e. The Balaban J connectivity index is 1.11. The summed E-state index contributed by atoms with van der Waals surface area (Å²) < 4.78 is 26.4. The van der Waals surface area contributed by atoms with E-state index >= 15 is 0 Å². The van der Waals surface area contributed by atoms with Crippen LogP contribution in [0, 0.1) is 0 Å². The van der Waals surface area contributed by atoms with E-state index in [1.807, 2.05) is 0 Å². The summed E-state index contributed by atoms with van der Waals surface area (Å²) in [5.74, 6) is 0.146. The van der Waals surface area contributed by atoms with Crippen LogP contribution in [-0.2, 0) is 36.9 Å². The van der Waals surface area contributed by atoms with Gasteiger partial charge in [0, 0.05) is 12.8 Å². The molecule has 2 saturated heterocycles. The second-order valence-corrected chi connectivity index (χ2v) is 12.4. The number of hydrogen-bond acceptors (Lipinski definition) is 15. The standard InChI is InChI=1S/C21H27N10O8PS/c22-17-15-18(25-6-24-17)31(8-27-15)14-2-10(33)13(38-14)5-36-40(35,41)39-11-1-9(4-32)37-12(11)3-30-7-26-16-19(30)28-21(23)29-20(16)34/h6-14,32-33H,1-5H2,(H,35,41)(H2,22,24,25)(H3,23,28,29,34)/t9-,10+,11-,12-,13+,14+,40?/m0/s1. The van der Waals surface area contributed by atoms with Crippen LogP contribution in [0.25, 0.3) is 22.3 Å². The first-order valence-electron chi connectivity index (χ1n) is 12.5. The third-order valence-corrected chi connectivity index (χ3v) is 8.51. The minimum atomic E-state index is -3.87. The molecule has 6 heterocycles. The van der Waals surface area contributed by atoms with E-state index in [4.69, 9.17) is 41.8 Å². The first-order valence-corrected chi connectivity index (χ1v) is 15.1. The molecule has 220 valence electrons. The minimum Gasteiger partial charge on any atom is -0.394 e. The fraction of sp³-hybridized carbons (Fsp3) is 0.524. The van der Waals surface area contributed by atoms with Crippen LogP contribution >= 0.6 is 6.72 Å². The molecule has 0 spiro atoms. The van der Waals surface area contributed by atoms with Crippen LogP contribution < -0.4 is 17.0 Å². The summed E-state index contributed by atoms with van der Waals surface area (Å²) in [4.78, 5) is 45.9. The van der Waals surface area contributed by atoms with Gasteiger partial charge >= 0.3 is 6.72 Å². The number of imidazole rings is 2. The molecule has 0 saturated carbocycles. The Bertz CT molecular complexity index is 1680. The molecule has 0 bridgehead atoms. The van der Waals surface area contributed by atoms with E-state index in [1.54, 1.807) is 9.13 Å². The molecule has 2 aliphatic heterocycles. The summed E-state index contributed by atoms with van der Waals surface area (Å²) >= 11 is 5.25. The molecule has 0 aliphatic carbocycles. The lowest BCUT2D eigenvalue weighted by molar-refractivity contribution is -0.0447. The molecule has 18 nitrogen and oxygen atoms in total. The fourth-order valence-electron chi connectivity index (χ4n) is 4.97. The summed E-state index contributed by atoms with van der Waals surface area (Å²) in [6, 6.07) is 0. The van der Waals surface area contributed by atoms with Gasteiger partial charge in [-0.2, -0.15) is 4.98 Å². The van der Waals surface area contributed by atoms with Crippen molar-refractivity contribution in [3.05, 3.63) is 29.3 Å². The average molecular weight is 611 g/mol. The van der Waals surface area contributed by atoms with Gasteiger partial charge in [0.05, 0.1) is 50.7 Å². The van der Waals surface area contributed by atoms with Crippen molar-refractivity contribution in [2.45, 2.75) is 56.1 Å². The van der Waals surface area contributed by atoms with Crippen molar-refractivity contribution in [2.75, 3.05) is 24.7 Å². The van der Waals surface area contributed by atoms with Crippen molar-refractivity contribution in [1.29, 1.82) is 0 Å². The molecule has 7 atom stereocenters. The number of rotatable bonds is 9. The van der Waals surface area contributed by atoms with Crippen LogP contribution in [0.2, 0.25) is 0 Å². The molecule has 4 aromatic rings. The number of nitrogen functional groups attached to an aromatic ring is 2. The molecular weight excluding hydrogens is 583 g/mol. The number of aromatic nitrogens is 8. The van der Waals surface area contributed by atoms with Crippen LogP contribution in [0.1, 0.15) is 19.1 Å². The van der Waals surface area contributed by atoms with Gasteiger partial charge in [-0.3, -0.25) is 14.3 Å². The molecule has 2 aliphatic rings. The Hall–Kier alpha value is -3.13. The predicted molar refractivity (Wildman–Crippen MR) is 145 cm³/mol. The van der Waals surface area contributed by atoms with E-state index in [-0.39, 0.29) is 55.5 Å². The van der Waals surface area contributed by atoms with E-state index in [0.717, 1.165) is 0 Å². The maximum atomic E-state index is 12.1. The van der Waals surface area contributed by atoms with Gasteiger partial charge in [-0.1, -0.05) is 0 Å². The van der Waals surface area contributed by atoms with E-state index in [0.29, 0.717) is 11.2 Å². The quantitative estimate of drug-likeness (QED) is 0.118. The number of anilines is 2. The highest BCUT2D eigenvalue weighted by Gasteiger charge is 2.41. The number of hydrogen-bond donors (Lipinski definition) is 6. The van der Waals surface area contributed by atoms with Gasteiger partial charge in [0.15, 0.2) is 22.6 Å². The smallest absolute Gasteiger partial charge is 0.324 e. The second-order valence-electron chi connectivity index (χ2n) is 9.66. The van der Waals surface area contributed by atoms with Crippen LogP contribution in [0.4, 0.5) is 11.8 Å². The predicted octanol–water partition coefficient (Wildman–Crippen LogP) is -1.46. The highest BCUT2D eigenvalue weighted by Crippen LogP contribution is 2.48. The molecular formula is C21H27N10O8PS. The number of nitrogens with two attached hydrogens (primary N) is 2. The van der Waals surface area contributed by atoms with Crippen molar-refractivity contribution >= 4 is 52.6 Å². The van der Waals surface area contributed by atoms with Crippen LogP contribution in [-0.4, -0.2) is 97.9 Å². The summed E-state index contributed by atoms with van der Waals surface area (Å²) in [5, 5.41) is 20.3. The number of nitrogens with one attached hydrogen (secondary N) is 1. The van der Waals surface area contributed by atoms with Crippen LogP contribution in [0.5, 0.6) is 0 Å². The first-order chi connectivity index (χ1) is 19.6. The molecule has 6 rings (SSSR count). The minimum absolute atomic E-state index is 0.0749. The maximum Gasteiger partial charge on any atom is 0.324 e. The third-order valence-electron chi connectivity index (χ3n) is 6.92. The monoisotopic (exact) mass is 610 g/mol. The van der Waals surface area contributed by atoms with E-state index in [9.17, 15) is 19.9 Å². The van der Waals surface area contributed by atoms with E-state index < -0.39 is 49.0 Å². The van der Waals surface area contributed by atoms with Crippen molar-refractivity contribution in [3.63, 3.8) is 0 Å². The zero-order chi connectivity index (χ0) is 28.9. The molecule has 1 unspecified atom stereocenters. The Kier molecular flexibility index (Phi) is 7.47. The van der Waals surface area contributed by atoms with Crippen molar-refractivity contribution in [3.8, 4) is 0 Å². The first kappa shape index (κ1) is 28.0. The van der Waals surface area contributed by atoms with Gasteiger partial charge < -0.3 is 49.7 Å². The lowest BCUT2D eigenvalue weighted by Gasteiger charge is -2.25. The number of ether oxygens (including phenoxy) is 2. The number of fused-ring (bicyclic) bond motifs is 2. The number of aliphatic hydroxyl groups is 2. The summed E-state index contributed by atoms with van der Waals surface area (Å²) in [6.45, 7) is -4.30. The Labute approximate surface area is 235 Å². The summed E-state index contributed by atoms with van der Waals surface area (Å²) in [6.07, 6.45) is 0.187.